The van der Waals surface area contributed by atoms with Crippen LogP contribution in [0.5, 0.6) is 0 Å². The number of anilines is 2. The van der Waals surface area contributed by atoms with Gasteiger partial charge in [-0.2, -0.15) is 0 Å². The van der Waals surface area contributed by atoms with Crippen molar-refractivity contribution in [2.75, 3.05) is 56.1 Å². The molecule has 1 aromatic carbocycles. The second-order valence-corrected chi connectivity index (χ2v) is 9.53. The summed E-state index contributed by atoms with van der Waals surface area (Å²) in [5, 5.41) is 0.320. The SMILES string of the molecule is CN1C(=O)N(CCCN2CCN(c3ncccn3)CC2)S(=O)(=O)c2cc(Cl)ccc21. The van der Waals surface area contributed by atoms with E-state index < -0.39 is 16.1 Å². The van der Waals surface area contributed by atoms with Crippen LogP contribution in [0.1, 0.15) is 6.42 Å². The van der Waals surface area contributed by atoms with E-state index in [0.29, 0.717) is 23.7 Å². The number of aromatic nitrogens is 2. The number of nitrogens with zero attached hydrogens (tertiary/aromatic N) is 6. The lowest BCUT2D eigenvalue weighted by molar-refractivity contribution is 0.221. The van der Waals surface area contributed by atoms with Gasteiger partial charge in [0.25, 0.3) is 10.0 Å². The molecule has 1 saturated heterocycles. The molecule has 3 heterocycles. The van der Waals surface area contributed by atoms with Crippen LogP contribution < -0.4 is 9.80 Å². The minimum absolute atomic E-state index is 0.0635. The minimum atomic E-state index is -3.92. The van der Waals surface area contributed by atoms with E-state index in [9.17, 15) is 13.2 Å². The van der Waals surface area contributed by atoms with Crippen molar-refractivity contribution in [2.45, 2.75) is 11.3 Å². The van der Waals surface area contributed by atoms with Crippen LogP contribution in [0.4, 0.5) is 16.4 Å². The molecule has 0 N–H and O–H groups in total. The molecule has 4 rings (SSSR count). The summed E-state index contributed by atoms with van der Waals surface area (Å²) < 4.78 is 26.9. The summed E-state index contributed by atoms with van der Waals surface area (Å²) in [6.45, 7) is 4.10. The molecule has 9 nitrogen and oxygen atoms in total. The molecule has 2 aromatic rings. The summed E-state index contributed by atoms with van der Waals surface area (Å²) in [6, 6.07) is 5.78. The molecular formula is C19H23ClN6O3S. The molecule has 160 valence electrons. The van der Waals surface area contributed by atoms with Gasteiger partial charge in [0, 0.05) is 63.7 Å². The van der Waals surface area contributed by atoms with Crippen molar-refractivity contribution < 1.29 is 13.2 Å². The van der Waals surface area contributed by atoms with Crippen molar-refractivity contribution in [3.05, 3.63) is 41.7 Å². The Morgan fingerprint density at radius 2 is 1.77 bits per heavy atom. The molecular weight excluding hydrogens is 428 g/mol. The molecule has 0 atom stereocenters. The number of urea groups is 1. The number of halogens is 1. The Morgan fingerprint density at radius 1 is 1.07 bits per heavy atom. The van der Waals surface area contributed by atoms with Crippen LogP contribution >= 0.6 is 11.6 Å². The molecule has 0 unspecified atom stereocenters. The monoisotopic (exact) mass is 450 g/mol. The largest absolute Gasteiger partial charge is 0.338 e. The standard InChI is InChI=1S/C19H23ClN6O3S/c1-23-16-5-4-15(20)14-17(16)30(28,29)26(19(23)27)9-3-8-24-10-12-25(13-11-24)18-21-6-2-7-22-18/h2,4-7,14H,3,8-13H2,1H3. The van der Waals surface area contributed by atoms with E-state index in [1.165, 1.54) is 11.0 Å². The van der Waals surface area contributed by atoms with E-state index in [2.05, 4.69) is 19.8 Å². The van der Waals surface area contributed by atoms with Gasteiger partial charge >= 0.3 is 6.03 Å². The molecule has 0 saturated carbocycles. The van der Waals surface area contributed by atoms with Gasteiger partial charge in [0.15, 0.2) is 0 Å². The van der Waals surface area contributed by atoms with Crippen LogP contribution in [0.25, 0.3) is 0 Å². The number of carbonyl (C=O) groups is 1. The van der Waals surface area contributed by atoms with Crippen molar-refractivity contribution in [1.82, 2.24) is 19.2 Å². The maximum absolute atomic E-state index is 13.0. The first kappa shape index (κ1) is 20.8. The van der Waals surface area contributed by atoms with Crippen LogP contribution in [0.15, 0.2) is 41.6 Å². The lowest BCUT2D eigenvalue weighted by Crippen LogP contribution is -2.50. The van der Waals surface area contributed by atoms with E-state index in [-0.39, 0.29) is 11.4 Å². The molecule has 0 radical (unpaired) electrons. The van der Waals surface area contributed by atoms with Gasteiger partial charge in [0.05, 0.1) is 5.69 Å². The van der Waals surface area contributed by atoms with Gasteiger partial charge in [-0.3, -0.25) is 9.80 Å². The smallest absolute Gasteiger partial charge is 0.338 e. The molecule has 2 aliphatic rings. The lowest BCUT2D eigenvalue weighted by atomic mass is 10.3. The first-order valence-electron chi connectivity index (χ1n) is 9.72. The number of hydrogen-bond donors (Lipinski definition) is 0. The molecule has 0 spiro atoms. The number of amides is 2. The third-order valence-corrected chi connectivity index (χ3v) is 7.43. The number of hydrogen-bond acceptors (Lipinski definition) is 7. The van der Waals surface area contributed by atoms with E-state index >= 15 is 0 Å². The fourth-order valence-corrected chi connectivity index (χ4v) is 5.66. The zero-order valence-corrected chi connectivity index (χ0v) is 18.2. The normalized spacial score (nSPS) is 19.1. The molecule has 30 heavy (non-hydrogen) atoms. The van der Waals surface area contributed by atoms with Gasteiger partial charge in [0.2, 0.25) is 5.95 Å². The summed E-state index contributed by atoms with van der Waals surface area (Å²) in [4.78, 5) is 27.0. The van der Waals surface area contributed by atoms with Gasteiger partial charge in [-0.15, -0.1) is 0 Å². The number of benzene rings is 1. The maximum atomic E-state index is 13.0. The second-order valence-electron chi connectivity index (χ2n) is 7.26. The van der Waals surface area contributed by atoms with Crippen LogP contribution in [0.3, 0.4) is 0 Å². The van der Waals surface area contributed by atoms with Crippen molar-refractivity contribution in [2.24, 2.45) is 0 Å². The Hall–Kier alpha value is -2.43. The molecule has 11 heteroatoms. The average molecular weight is 451 g/mol. The average Bonchev–Trinajstić information content (AvgIpc) is 2.76. The Kier molecular flexibility index (Phi) is 5.81. The minimum Gasteiger partial charge on any atom is -0.338 e. The second kappa shape index (κ2) is 8.37. The predicted molar refractivity (Wildman–Crippen MR) is 114 cm³/mol. The van der Waals surface area contributed by atoms with Crippen LogP contribution in [0, 0.1) is 0 Å². The van der Waals surface area contributed by atoms with Crippen molar-refractivity contribution in [3.8, 4) is 0 Å². The Morgan fingerprint density at radius 3 is 2.47 bits per heavy atom. The summed E-state index contributed by atoms with van der Waals surface area (Å²) >= 11 is 5.99. The highest BCUT2D eigenvalue weighted by atomic mass is 35.5. The van der Waals surface area contributed by atoms with Gasteiger partial charge in [-0.1, -0.05) is 11.6 Å². The molecule has 0 bridgehead atoms. The molecule has 0 aliphatic carbocycles. The lowest BCUT2D eigenvalue weighted by Gasteiger charge is -2.36. The Bertz CT molecular complexity index is 1030. The summed E-state index contributed by atoms with van der Waals surface area (Å²) in [6.07, 6.45) is 4.01. The third kappa shape index (κ3) is 3.94. The highest BCUT2D eigenvalue weighted by Gasteiger charge is 2.39. The van der Waals surface area contributed by atoms with Crippen LogP contribution in [-0.2, 0) is 10.0 Å². The molecule has 1 fully saturated rings. The van der Waals surface area contributed by atoms with Crippen molar-refractivity contribution in [3.63, 3.8) is 0 Å². The van der Waals surface area contributed by atoms with Gasteiger partial charge in [-0.25, -0.2) is 27.5 Å². The highest BCUT2D eigenvalue weighted by molar-refractivity contribution is 7.90. The highest BCUT2D eigenvalue weighted by Crippen LogP contribution is 2.35. The Labute approximate surface area is 180 Å². The molecule has 1 aromatic heterocycles. The zero-order chi connectivity index (χ0) is 21.3. The number of sulfonamides is 1. The van der Waals surface area contributed by atoms with Gasteiger partial charge < -0.3 is 4.90 Å². The quantitative estimate of drug-likeness (QED) is 0.687. The fraction of sp³-hybridized carbons (Fsp3) is 0.421. The van der Waals surface area contributed by atoms with Gasteiger partial charge in [0.1, 0.15) is 4.90 Å². The first-order valence-corrected chi connectivity index (χ1v) is 11.5. The van der Waals surface area contributed by atoms with E-state index in [1.54, 1.807) is 37.6 Å². The third-order valence-electron chi connectivity index (χ3n) is 5.39. The fourth-order valence-electron chi connectivity index (χ4n) is 3.74. The van der Waals surface area contributed by atoms with Crippen LogP contribution in [-0.4, -0.2) is 79.9 Å². The number of carbonyl (C=O) groups excluding carboxylic acids is 1. The van der Waals surface area contributed by atoms with Crippen molar-refractivity contribution in [1.29, 1.82) is 0 Å². The number of piperazine rings is 1. The van der Waals surface area contributed by atoms with Gasteiger partial charge in [-0.05, 0) is 30.7 Å². The van der Waals surface area contributed by atoms with E-state index in [4.69, 9.17) is 11.6 Å². The predicted octanol–water partition coefficient (Wildman–Crippen LogP) is 1.90. The van der Waals surface area contributed by atoms with Crippen LogP contribution in [0.2, 0.25) is 5.02 Å². The Balaban J connectivity index is 1.36. The molecule has 2 amide bonds. The van der Waals surface area contributed by atoms with Crippen molar-refractivity contribution >= 4 is 39.3 Å². The van der Waals surface area contributed by atoms with E-state index in [1.807, 2.05) is 0 Å². The molecule has 2 aliphatic heterocycles. The first-order chi connectivity index (χ1) is 14.4. The number of rotatable bonds is 5. The summed E-state index contributed by atoms with van der Waals surface area (Å²) in [5.41, 5.74) is 0.347. The van der Waals surface area contributed by atoms with E-state index in [0.717, 1.165) is 36.4 Å². The summed E-state index contributed by atoms with van der Waals surface area (Å²) in [7, 11) is -2.35. The zero-order valence-electron chi connectivity index (χ0n) is 16.6. The topological polar surface area (TPSA) is 90.0 Å². The maximum Gasteiger partial charge on any atom is 0.338 e. The summed E-state index contributed by atoms with van der Waals surface area (Å²) in [5.74, 6) is 0.725. The number of fused-ring (bicyclic) bond motifs is 1.